The van der Waals surface area contributed by atoms with Crippen molar-refractivity contribution in [3.63, 3.8) is 0 Å². The van der Waals surface area contributed by atoms with Crippen LogP contribution in [0.15, 0.2) is 65.7 Å². The fourth-order valence-electron chi connectivity index (χ4n) is 3.08. The molecule has 0 N–H and O–H groups in total. The zero-order valence-corrected chi connectivity index (χ0v) is 16.4. The van der Waals surface area contributed by atoms with Crippen molar-refractivity contribution in [1.29, 1.82) is 0 Å². The van der Waals surface area contributed by atoms with Gasteiger partial charge in [-0.3, -0.25) is 14.2 Å². The average Bonchev–Trinajstić information content (AvgIpc) is 3.14. The largest absolute Gasteiger partial charge is 0.452 e. The van der Waals surface area contributed by atoms with Crippen LogP contribution in [0.25, 0.3) is 11.3 Å². The van der Waals surface area contributed by atoms with E-state index in [2.05, 4.69) is 10.2 Å². The first kappa shape index (κ1) is 18.6. The smallest absolute Gasteiger partial charge is 0.322 e. The number of ketones is 1. The molecule has 4 aromatic rings. The zero-order valence-electron chi connectivity index (χ0n) is 16.4. The van der Waals surface area contributed by atoms with Crippen molar-refractivity contribution < 1.29 is 9.53 Å². The third kappa shape index (κ3) is 3.42. The Morgan fingerprint density at radius 1 is 1.00 bits per heavy atom. The Balaban J connectivity index is 1.63. The highest BCUT2D eigenvalue weighted by atomic mass is 16.5. The number of benzene rings is 2. The second kappa shape index (κ2) is 7.35. The van der Waals surface area contributed by atoms with Crippen molar-refractivity contribution in [2.24, 2.45) is 0 Å². The fraction of sp³-hybridized carbons (Fsp3) is 0.182. The maximum Gasteiger partial charge on any atom is 0.322 e. The quantitative estimate of drug-likeness (QED) is 0.491. The lowest BCUT2D eigenvalue weighted by Crippen LogP contribution is -2.25. The van der Waals surface area contributed by atoms with Gasteiger partial charge in [0.05, 0.1) is 0 Å². The Bertz CT molecular complexity index is 1260. The van der Waals surface area contributed by atoms with E-state index in [-0.39, 0.29) is 23.0 Å². The molecule has 7 heteroatoms. The van der Waals surface area contributed by atoms with E-state index in [9.17, 15) is 9.59 Å². The standard InChI is InChI=1S/C22H20N4O3/c1-14-9-10-17(13-15(14)2)19(27)16(3)29-22-24-23-20-21(28)25(11-12-26(20)22)18-7-5-4-6-8-18/h4-13,16H,1-3H3. The van der Waals surface area contributed by atoms with Crippen LogP contribution in [-0.4, -0.2) is 31.1 Å². The number of aromatic nitrogens is 4. The van der Waals surface area contributed by atoms with Gasteiger partial charge >= 0.3 is 11.6 Å². The number of Topliss-reactive ketones (excluding diaryl/α,β-unsaturated/α-hetero) is 1. The predicted molar refractivity (Wildman–Crippen MR) is 109 cm³/mol. The fourth-order valence-corrected chi connectivity index (χ4v) is 3.08. The Morgan fingerprint density at radius 2 is 1.76 bits per heavy atom. The van der Waals surface area contributed by atoms with E-state index < -0.39 is 6.10 Å². The lowest BCUT2D eigenvalue weighted by atomic mass is 10.0. The van der Waals surface area contributed by atoms with Crippen LogP contribution in [0.1, 0.15) is 28.4 Å². The lowest BCUT2D eigenvalue weighted by molar-refractivity contribution is 0.0801. The summed E-state index contributed by atoms with van der Waals surface area (Å²) in [4.78, 5) is 25.5. The van der Waals surface area contributed by atoms with E-state index in [0.29, 0.717) is 5.56 Å². The first-order chi connectivity index (χ1) is 14.0. The number of fused-ring (bicyclic) bond motifs is 1. The molecule has 2 aromatic heterocycles. The topological polar surface area (TPSA) is 78.5 Å². The van der Waals surface area contributed by atoms with Gasteiger partial charge in [-0.15, -0.1) is 5.10 Å². The molecule has 0 amide bonds. The third-order valence-corrected chi connectivity index (χ3v) is 4.92. The summed E-state index contributed by atoms with van der Waals surface area (Å²) in [6.07, 6.45) is 2.49. The van der Waals surface area contributed by atoms with Crippen molar-refractivity contribution in [1.82, 2.24) is 19.2 Å². The molecule has 1 atom stereocenters. The average molecular weight is 388 g/mol. The molecule has 146 valence electrons. The van der Waals surface area contributed by atoms with Gasteiger partial charge in [0.2, 0.25) is 11.4 Å². The van der Waals surface area contributed by atoms with Crippen molar-refractivity contribution >= 4 is 11.4 Å². The molecule has 0 aliphatic rings. The van der Waals surface area contributed by atoms with E-state index >= 15 is 0 Å². The minimum atomic E-state index is -0.777. The van der Waals surface area contributed by atoms with Gasteiger partial charge in [-0.05, 0) is 50.1 Å². The summed E-state index contributed by atoms with van der Waals surface area (Å²) in [5.41, 5.74) is 3.25. The molecule has 0 aliphatic carbocycles. The summed E-state index contributed by atoms with van der Waals surface area (Å²) < 4.78 is 8.68. The SMILES string of the molecule is Cc1ccc(C(=O)C(C)Oc2nnc3c(=O)n(-c4ccccc4)ccn23)cc1C. The molecule has 0 fully saturated rings. The van der Waals surface area contributed by atoms with Gasteiger partial charge in [0.25, 0.3) is 0 Å². The molecular weight excluding hydrogens is 368 g/mol. The normalized spacial score (nSPS) is 12.1. The summed E-state index contributed by atoms with van der Waals surface area (Å²) in [5.74, 6) is -0.164. The van der Waals surface area contributed by atoms with Crippen molar-refractivity contribution in [3.8, 4) is 11.7 Å². The van der Waals surface area contributed by atoms with Crippen LogP contribution in [0.4, 0.5) is 0 Å². The summed E-state index contributed by atoms with van der Waals surface area (Å²) in [5, 5.41) is 7.92. The van der Waals surface area contributed by atoms with Crippen LogP contribution >= 0.6 is 0 Å². The van der Waals surface area contributed by atoms with Crippen LogP contribution in [0.5, 0.6) is 6.01 Å². The van der Waals surface area contributed by atoms with Gasteiger partial charge in [0, 0.05) is 23.6 Å². The minimum Gasteiger partial charge on any atom is -0.452 e. The minimum absolute atomic E-state index is 0.0991. The number of rotatable bonds is 5. The molecule has 7 nitrogen and oxygen atoms in total. The summed E-state index contributed by atoms with van der Waals surface area (Å²) in [7, 11) is 0. The number of nitrogens with zero attached hydrogens (tertiary/aromatic N) is 4. The lowest BCUT2D eigenvalue weighted by Gasteiger charge is -2.13. The van der Waals surface area contributed by atoms with Crippen molar-refractivity contribution in [2.45, 2.75) is 26.9 Å². The third-order valence-electron chi connectivity index (χ3n) is 4.92. The summed E-state index contributed by atoms with van der Waals surface area (Å²) in [6, 6.07) is 14.9. The molecule has 2 aromatic carbocycles. The van der Waals surface area contributed by atoms with Crippen LogP contribution in [0.2, 0.25) is 0 Å². The molecule has 0 aliphatic heterocycles. The van der Waals surface area contributed by atoms with Gasteiger partial charge in [-0.1, -0.05) is 35.4 Å². The number of hydrogen-bond donors (Lipinski definition) is 0. The van der Waals surface area contributed by atoms with Gasteiger partial charge in [0.15, 0.2) is 6.10 Å². The van der Waals surface area contributed by atoms with Gasteiger partial charge in [-0.25, -0.2) is 4.40 Å². The number of hydrogen-bond acceptors (Lipinski definition) is 5. The van der Waals surface area contributed by atoms with Crippen molar-refractivity contribution in [3.05, 3.63) is 88.0 Å². The van der Waals surface area contributed by atoms with Crippen LogP contribution < -0.4 is 10.3 Å². The van der Waals surface area contributed by atoms with E-state index in [1.54, 1.807) is 25.4 Å². The van der Waals surface area contributed by atoms with Crippen molar-refractivity contribution in [2.75, 3.05) is 0 Å². The maximum absolute atomic E-state index is 12.8. The van der Waals surface area contributed by atoms with Gasteiger partial charge in [-0.2, -0.15) is 0 Å². The summed E-state index contributed by atoms with van der Waals surface area (Å²) >= 11 is 0. The second-order valence-corrected chi connectivity index (χ2v) is 6.91. The Hall–Kier alpha value is -3.74. The summed E-state index contributed by atoms with van der Waals surface area (Å²) in [6.45, 7) is 5.61. The molecular formula is C22H20N4O3. The molecule has 29 heavy (non-hydrogen) atoms. The van der Waals surface area contributed by atoms with Gasteiger partial charge < -0.3 is 4.74 Å². The molecule has 0 saturated heterocycles. The highest BCUT2D eigenvalue weighted by Gasteiger charge is 2.21. The number of ether oxygens (including phenoxy) is 1. The monoisotopic (exact) mass is 388 g/mol. The van der Waals surface area contributed by atoms with E-state index in [1.807, 2.05) is 56.3 Å². The molecule has 0 spiro atoms. The molecule has 2 heterocycles. The highest BCUT2D eigenvalue weighted by Crippen LogP contribution is 2.16. The van der Waals surface area contributed by atoms with Crippen LogP contribution in [-0.2, 0) is 0 Å². The number of carbonyl (C=O) groups excluding carboxylic acids is 1. The Labute approximate surface area is 167 Å². The Morgan fingerprint density at radius 3 is 2.48 bits per heavy atom. The highest BCUT2D eigenvalue weighted by molar-refractivity contribution is 5.99. The number of para-hydroxylation sites is 1. The Kier molecular flexibility index (Phi) is 4.72. The molecule has 0 radical (unpaired) electrons. The second-order valence-electron chi connectivity index (χ2n) is 6.91. The van der Waals surface area contributed by atoms with E-state index in [4.69, 9.17) is 4.74 Å². The molecule has 1 unspecified atom stereocenters. The van der Waals surface area contributed by atoms with Gasteiger partial charge in [0.1, 0.15) is 0 Å². The first-order valence-corrected chi connectivity index (χ1v) is 9.25. The molecule has 0 bridgehead atoms. The number of aryl methyl sites for hydroxylation is 2. The van der Waals surface area contributed by atoms with Crippen LogP contribution in [0, 0.1) is 13.8 Å². The predicted octanol–water partition coefficient (Wildman–Crippen LogP) is 3.15. The number of carbonyl (C=O) groups is 1. The van der Waals surface area contributed by atoms with E-state index in [0.717, 1.165) is 16.8 Å². The van der Waals surface area contributed by atoms with E-state index in [1.165, 1.54) is 8.97 Å². The van der Waals surface area contributed by atoms with Crippen LogP contribution in [0.3, 0.4) is 0 Å². The zero-order chi connectivity index (χ0) is 20.5. The first-order valence-electron chi connectivity index (χ1n) is 9.25. The molecule has 0 saturated carbocycles. The molecule has 4 rings (SSSR count). The maximum atomic E-state index is 12.8.